The summed E-state index contributed by atoms with van der Waals surface area (Å²) in [5.41, 5.74) is -0.414. The highest BCUT2D eigenvalue weighted by atomic mass is 19.1. The molecule has 1 atom stereocenters. The Morgan fingerprint density at radius 3 is 2.56 bits per heavy atom. The first-order chi connectivity index (χ1) is 8.19. The van der Waals surface area contributed by atoms with E-state index in [1.807, 2.05) is 0 Å². The van der Waals surface area contributed by atoms with Crippen molar-refractivity contribution in [3.05, 3.63) is 11.6 Å². The van der Waals surface area contributed by atoms with Gasteiger partial charge in [0.25, 0.3) is 0 Å². The number of amides is 1. The second-order valence-electron chi connectivity index (χ2n) is 5.20. The smallest absolute Gasteiger partial charge is 0.410 e. The van der Waals surface area contributed by atoms with Crippen molar-refractivity contribution in [3.63, 3.8) is 0 Å². The van der Waals surface area contributed by atoms with Crippen LogP contribution < -0.4 is 0 Å². The van der Waals surface area contributed by atoms with Crippen molar-refractivity contribution < 1.29 is 23.8 Å². The lowest BCUT2D eigenvalue weighted by Gasteiger charge is -2.32. The van der Waals surface area contributed by atoms with Gasteiger partial charge in [0.1, 0.15) is 11.8 Å². The molecule has 1 rings (SSSR count). The van der Waals surface area contributed by atoms with Crippen LogP contribution in [0.2, 0.25) is 0 Å². The lowest BCUT2D eigenvalue weighted by molar-refractivity contribution is -0.131. The number of hydrogen-bond acceptors (Lipinski definition) is 3. The molecule has 1 aliphatic rings. The fourth-order valence-electron chi connectivity index (χ4n) is 1.64. The van der Waals surface area contributed by atoms with E-state index in [-0.39, 0.29) is 25.1 Å². The summed E-state index contributed by atoms with van der Waals surface area (Å²) in [7, 11) is 0. The molecular formula is C12H18FNO4. The van der Waals surface area contributed by atoms with Gasteiger partial charge in [-0.3, -0.25) is 0 Å². The fourth-order valence-corrected chi connectivity index (χ4v) is 1.64. The van der Waals surface area contributed by atoms with Crippen LogP contribution in [-0.4, -0.2) is 46.9 Å². The minimum Gasteiger partial charge on any atom is -0.478 e. The molecule has 0 radical (unpaired) electrons. The Morgan fingerprint density at radius 1 is 1.50 bits per heavy atom. The van der Waals surface area contributed by atoms with Gasteiger partial charge in [0.2, 0.25) is 0 Å². The molecular weight excluding hydrogens is 241 g/mol. The molecule has 0 unspecified atom stereocenters. The molecule has 1 aliphatic heterocycles. The number of nitrogens with zero attached hydrogens (tertiary/aromatic N) is 1. The van der Waals surface area contributed by atoms with Crippen molar-refractivity contribution in [1.29, 1.82) is 0 Å². The number of piperidine rings is 1. The minimum absolute atomic E-state index is 0.159. The monoisotopic (exact) mass is 259 g/mol. The molecule has 102 valence electrons. The van der Waals surface area contributed by atoms with Gasteiger partial charge in [-0.05, 0) is 32.8 Å². The normalized spacial score (nSPS) is 23.0. The quantitative estimate of drug-likeness (QED) is 0.731. The number of carboxylic acids is 1. The Kier molecular flexibility index (Phi) is 4.32. The highest BCUT2D eigenvalue weighted by Crippen LogP contribution is 2.21. The number of rotatable bonds is 1. The number of alkyl halides is 1. The van der Waals surface area contributed by atoms with Crippen molar-refractivity contribution in [1.82, 2.24) is 4.90 Å². The summed E-state index contributed by atoms with van der Waals surface area (Å²) in [6, 6.07) is 0. The third-order valence-electron chi connectivity index (χ3n) is 2.41. The van der Waals surface area contributed by atoms with Crippen molar-refractivity contribution in [3.8, 4) is 0 Å². The van der Waals surface area contributed by atoms with E-state index in [0.717, 1.165) is 6.08 Å². The van der Waals surface area contributed by atoms with Gasteiger partial charge in [-0.15, -0.1) is 0 Å². The third kappa shape index (κ3) is 4.35. The number of carbonyl (C=O) groups is 2. The number of hydrogen-bond donors (Lipinski definition) is 1. The van der Waals surface area contributed by atoms with E-state index in [1.165, 1.54) is 4.90 Å². The predicted molar refractivity (Wildman–Crippen MR) is 63.0 cm³/mol. The lowest BCUT2D eigenvalue weighted by atomic mass is 10.0. The predicted octanol–water partition coefficient (Wildman–Crippen LogP) is 1.98. The standard InChI is InChI=1S/C12H18FNO4/c1-12(2,3)18-11(17)14-5-4-8(6-10(15)16)9(13)7-14/h6,9H,4-5,7H2,1-3H3,(H,15,16)/b8-6+/t9-/m1/s1. The van der Waals surface area contributed by atoms with E-state index < -0.39 is 23.8 Å². The van der Waals surface area contributed by atoms with Crippen LogP contribution in [0, 0.1) is 0 Å². The summed E-state index contributed by atoms with van der Waals surface area (Å²) < 4.78 is 18.8. The Morgan fingerprint density at radius 2 is 2.11 bits per heavy atom. The Balaban J connectivity index is 2.61. The second-order valence-corrected chi connectivity index (χ2v) is 5.20. The lowest BCUT2D eigenvalue weighted by Crippen LogP contribution is -2.44. The molecule has 0 aromatic carbocycles. The molecule has 0 aromatic rings. The van der Waals surface area contributed by atoms with Crippen molar-refractivity contribution >= 4 is 12.1 Å². The number of carbonyl (C=O) groups excluding carboxylic acids is 1. The van der Waals surface area contributed by atoms with Gasteiger partial charge in [0, 0.05) is 12.6 Å². The van der Waals surface area contributed by atoms with Gasteiger partial charge in [-0.2, -0.15) is 0 Å². The summed E-state index contributed by atoms with van der Waals surface area (Å²) in [5.74, 6) is -1.17. The van der Waals surface area contributed by atoms with E-state index in [9.17, 15) is 14.0 Å². The van der Waals surface area contributed by atoms with Gasteiger partial charge in [-0.1, -0.05) is 0 Å². The molecule has 0 aliphatic carbocycles. The largest absolute Gasteiger partial charge is 0.478 e. The van der Waals surface area contributed by atoms with Crippen LogP contribution in [0.1, 0.15) is 27.2 Å². The van der Waals surface area contributed by atoms with E-state index in [1.54, 1.807) is 20.8 Å². The Labute approximate surface area is 105 Å². The molecule has 0 bridgehead atoms. The van der Waals surface area contributed by atoms with Crippen LogP contribution in [0.4, 0.5) is 9.18 Å². The first-order valence-electron chi connectivity index (χ1n) is 5.74. The molecule has 0 aromatic heterocycles. The molecule has 5 nitrogen and oxygen atoms in total. The van der Waals surface area contributed by atoms with E-state index in [0.29, 0.717) is 0 Å². The summed E-state index contributed by atoms with van der Waals surface area (Å²) in [4.78, 5) is 23.4. The van der Waals surface area contributed by atoms with Crippen LogP contribution >= 0.6 is 0 Å². The average Bonchev–Trinajstić information content (AvgIpc) is 2.17. The van der Waals surface area contributed by atoms with Gasteiger partial charge in [0.15, 0.2) is 0 Å². The van der Waals surface area contributed by atoms with Crippen LogP contribution in [0.25, 0.3) is 0 Å². The number of aliphatic carboxylic acids is 1. The second kappa shape index (κ2) is 5.37. The molecule has 1 saturated heterocycles. The summed E-state index contributed by atoms with van der Waals surface area (Å²) in [5, 5.41) is 8.56. The first-order valence-corrected chi connectivity index (χ1v) is 5.74. The minimum atomic E-state index is -1.44. The van der Waals surface area contributed by atoms with Crippen LogP contribution in [0.5, 0.6) is 0 Å². The third-order valence-corrected chi connectivity index (χ3v) is 2.41. The van der Waals surface area contributed by atoms with Gasteiger partial charge < -0.3 is 14.7 Å². The Bertz CT molecular complexity index is 373. The van der Waals surface area contributed by atoms with Gasteiger partial charge in [0.05, 0.1) is 6.54 Å². The molecule has 0 saturated carbocycles. The zero-order chi connectivity index (χ0) is 13.9. The summed E-state index contributed by atoms with van der Waals surface area (Å²) >= 11 is 0. The van der Waals surface area contributed by atoms with Crippen LogP contribution in [-0.2, 0) is 9.53 Å². The Hall–Kier alpha value is -1.59. The van der Waals surface area contributed by atoms with Crippen molar-refractivity contribution in [2.75, 3.05) is 13.1 Å². The molecule has 1 fully saturated rings. The zero-order valence-corrected chi connectivity index (χ0v) is 10.8. The maximum atomic E-state index is 13.7. The van der Waals surface area contributed by atoms with E-state index in [2.05, 4.69) is 0 Å². The fraction of sp³-hybridized carbons (Fsp3) is 0.667. The summed E-state index contributed by atoms with van der Waals surface area (Å²) in [6.45, 7) is 5.31. The highest BCUT2D eigenvalue weighted by molar-refractivity contribution is 5.81. The number of ether oxygens (including phenoxy) is 1. The zero-order valence-electron chi connectivity index (χ0n) is 10.8. The molecule has 1 heterocycles. The van der Waals surface area contributed by atoms with Gasteiger partial charge >= 0.3 is 12.1 Å². The molecule has 0 spiro atoms. The van der Waals surface area contributed by atoms with Crippen LogP contribution in [0.3, 0.4) is 0 Å². The van der Waals surface area contributed by atoms with Crippen molar-refractivity contribution in [2.45, 2.75) is 39.0 Å². The van der Waals surface area contributed by atoms with Gasteiger partial charge in [-0.25, -0.2) is 14.0 Å². The number of likely N-dealkylation sites (tertiary alicyclic amines) is 1. The maximum Gasteiger partial charge on any atom is 0.410 e. The van der Waals surface area contributed by atoms with Crippen LogP contribution in [0.15, 0.2) is 11.6 Å². The van der Waals surface area contributed by atoms with E-state index >= 15 is 0 Å². The van der Waals surface area contributed by atoms with Crippen molar-refractivity contribution in [2.24, 2.45) is 0 Å². The molecule has 6 heteroatoms. The highest BCUT2D eigenvalue weighted by Gasteiger charge is 2.30. The SMILES string of the molecule is CC(C)(C)OC(=O)N1CC/C(=C\C(=O)O)[C@H](F)C1. The topological polar surface area (TPSA) is 66.8 Å². The average molecular weight is 259 g/mol. The number of carboxylic acid groups (broad SMARTS) is 1. The molecule has 1 amide bonds. The first kappa shape index (κ1) is 14.5. The maximum absolute atomic E-state index is 13.7. The van der Waals surface area contributed by atoms with E-state index in [4.69, 9.17) is 9.84 Å². The summed E-state index contributed by atoms with van der Waals surface area (Å²) in [6.07, 6.45) is -0.925. The molecule has 18 heavy (non-hydrogen) atoms. The molecule has 1 N–H and O–H groups in total. The number of halogens is 1.